The Balaban J connectivity index is 4.23. The molecule has 0 heterocycles. The van der Waals surface area contributed by atoms with Crippen LogP contribution in [0.25, 0.3) is 0 Å². The van der Waals surface area contributed by atoms with Gasteiger partial charge in [0.05, 0.1) is 0 Å². The number of allylic oxidation sites excluding steroid dienone is 2. The van der Waals surface area contributed by atoms with E-state index in [1.165, 1.54) is 12.8 Å². The van der Waals surface area contributed by atoms with Gasteiger partial charge in [-0.1, -0.05) is 53.2 Å². The first kappa shape index (κ1) is 12.7. The Morgan fingerprint density at radius 1 is 1.08 bits per heavy atom. The molecule has 0 N–H and O–H groups in total. The van der Waals surface area contributed by atoms with Gasteiger partial charge in [-0.15, -0.1) is 0 Å². The lowest BCUT2D eigenvalue weighted by Gasteiger charge is -2.19. The van der Waals surface area contributed by atoms with Crippen LogP contribution in [-0.4, -0.2) is 0 Å². The van der Waals surface area contributed by atoms with Crippen molar-refractivity contribution in [3.05, 3.63) is 11.6 Å². The molecule has 0 aromatic heterocycles. The molecule has 0 fully saturated rings. The highest BCUT2D eigenvalue weighted by Crippen LogP contribution is 2.23. The van der Waals surface area contributed by atoms with Gasteiger partial charge in [0.25, 0.3) is 0 Å². The molecule has 0 aliphatic heterocycles. The van der Waals surface area contributed by atoms with E-state index in [0.717, 1.165) is 17.8 Å². The molecular formula is C13H26. The maximum atomic E-state index is 2.45. The predicted molar refractivity (Wildman–Crippen MR) is 61.8 cm³/mol. The molecule has 0 nitrogen and oxygen atoms in total. The minimum Gasteiger partial charge on any atom is -0.0848 e. The molecule has 0 radical (unpaired) electrons. The molecule has 0 aliphatic carbocycles. The highest BCUT2D eigenvalue weighted by atomic mass is 14.2. The lowest BCUT2D eigenvalue weighted by molar-refractivity contribution is 0.466. The van der Waals surface area contributed by atoms with Crippen molar-refractivity contribution in [1.29, 1.82) is 0 Å². The summed E-state index contributed by atoms with van der Waals surface area (Å²) in [4.78, 5) is 0. The number of hydrogen-bond donors (Lipinski definition) is 0. The molecule has 0 saturated heterocycles. The summed E-state index contributed by atoms with van der Waals surface area (Å²) in [6.45, 7) is 13.8. The van der Waals surface area contributed by atoms with E-state index in [-0.39, 0.29) is 0 Å². The molecule has 0 aromatic carbocycles. The van der Waals surface area contributed by atoms with Crippen LogP contribution in [0.3, 0.4) is 0 Å². The van der Waals surface area contributed by atoms with Gasteiger partial charge in [-0.3, -0.25) is 0 Å². The highest BCUT2D eigenvalue weighted by Gasteiger charge is 2.10. The zero-order valence-corrected chi connectivity index (χ0v) is 10.2. The van der Waals surface area contributed by atoms with E-state index in [1.807, 2.05) is 0 Å². The van der Waals surface area contributed by atoms with E-state index in [4.69, 9.17) is 0 Å². The Kier molecular flexibility index (Phi) is 6.11. The Labute approximate surface area is 84.4 Å². The number of rotatable bonds is 5. The molecule has 78 valence electrons. The zero-order chi connectivity index (χ0) is 10.4. The number of hydrogen-bond acceptors (Lipinski definition) is 0. The summed E-state index contributed by atoms with van der Waals surface area (Å²) in [6, 6.07) is 0. The molecule has 13 heavy (non-hydrogen) atoms. The molecule has 0 aliphatic rings. The van der Waals surface area contributed by atoms with E-state index >= 15 is 0 Å². The van der Waals surface area contributed by atoms with Crippen LogP contribution in [0.4, 0.5) is 0 Å². The molecular weight excluding hydrogens is 156 g/mol. The maximum absolute atomic E-state index is 2.45. The van der Waals surface area contributed by atoms with Crippen LogP contribution in [0.1, 0.15) is 54.4 Å². The molecule has 0 heteroatoms. The van der Waals surface area contributed by atoms with Gasteiger partial charge in [-0.05, 0) is 30.6 Å². The second kappa shape index (κ2) is 6.23. The van der Waals surface area contributed by atoms with Crippen LogP contribution in [0.2, 0.25) is 0 Å². The van der Waals surface area contributed by atoms with Crippen molar-refractivity contribution in [2.75, 3.05) is 0 Å². The summed E-state index contributed by atoms with van der Waals surface area (Å²) in [6.07, 6.45) is 4.90. The van der Waals surface area contributed by atoms with Crippen molar-refractivity contribution in [2.45, 2.75) is 54.4 Å². The largest absolute Gasteiger partial charge is 0.0848 e. The van der Waals surface area contributed by atoms with Gasteiger partial charge in [0.2, 0.25) is 0 Å². The average Bonchev–Trinajstić information content (AvgIpc) is 2.04. The van der Waals surface area contributed by atoms with Crippen molar-refractivity contribution in [3.8, 4) is 0 Å². The van der Waals surface area contributed by atoms with E-state index in [0.29, 0.717) is 0 Å². The van der Waals surface area contributed by atoms with Gasteiger partial charge in [-0.2, -0.15) is 0 Å². The van der Waals surface area contributed by atoms with Crippen LogP contribution in [-0.2, 0) is 0 Å². The standard InChI is InChI=1S/C13H26/c1-7-13(9-8-10(2)3)12(6)11(4)5/h9-12H,7-8H2,1-6H3. The average molecular weight is 182 g/mol. The summed E-state index contributed by atoms with van der Waals surface area (Å²) in [7, 11) is 0. The lowest BCUT2D eigenvalue weighted by Crippen LogP contribution is -2.07. The molecule has 0 aromatic rings. The zero-order valence-electron chi connectivity index (χ0n) is 10.2. The van der Waals surface area contributed by atoms with Gasteiger partial charge in [0.15, 0.2) is 0 Å². The van der Waals surface area contributed by atoms with E-state index < -0.39 is 0 Å². The summed E-state index contributed by atoms with van der Waals surface area (Å²) >= 11 is 0. The topological polar surface area (TPSA) is 0 Å². The maximum Gasteiger partial charge on any atom is -0.0209 e. The Morgan fingerprint density at radius 2 is 1.62 bits per heavy atom. The van der Waals surface area contributed by atoms with Crippen LogP contribution < -0.4 is 0 Å². The first-order chi connectivity index (χ1) is 5.99. The SMILES string of the molecule is CCC(=CCC(C)C)C(C)C(C)C. The fraction of sp³-hybridized carbons (Fsp3) is 0.846. The predicted octanol–water partition coefficient (Wildman–Crippen LogP) is 4.66. The van der Waals surface area contributed by atoms with Crippen molar-refractivity contribution in [3.63, 3.8) is 0 Å². The van der Waals surface area contributed by atoms with Gasteiger partial charge < -0.3 is 0 Å². The molecule has 0 spiro atoms. The van der Waals surface area contributed by atoms with Gasteiger partial charge in [0, 0.05) is 0 Å². The summed E-state index contributed by atoms with van der Waals surface area (Å²) in [5.74, 6) is 2.32. The third kappa shape index (κ3) is 5.13. The highest BCUT2D eigenvalue weighted by molar-refractivity contribution is 5.06. The summed E-state index contributed by atoms with van der Waals surface area (Å²) in [5.41, 5.74) is 1.64. The second-order valence-corrected chi connectivity index (χ2v) is 4.79. The molecule has 0 rings (SSSR count). The van der Waals surface area contributed by atoms with E-state index in [1.54, 1.807) is 5.57 Å². The smallest absolute Gasteiger partial charge is 0.0209 e. The van der Waals surface area contributed by atoms with Crippen molar-refractivity contribution in [2.24, 2.45) is 17.8 Å². The Hall–Kier alpha value is -0.260. The molecule has 0 saturated carbocycles. The normalized spacial score (nSPS) is 15.5. The van der Waals surface area contributed by atoms with Crippen molar-refractivity contribution in [1.82, 2.24) is 0 Å². The van der Waals surface area contributed by atoms with Crippen molar-refractivity contribution >= 4 is 0 Å². The van der Waals surface area contributed by atoms with Crippen molar-refractivity contribution < 1.29 is 0 Å². The monoisotopic (exact) mass is 182 g/mol. The Morgan fingerprint density at radius 3 is 1.92 bits per heavy atom. The van der Waals surface area contributed by atoms with Gasteiger partial charge >= 0.3 is 0 Å². The fourth-order valence-electron chi connectivity index (χ4n) is 1.47. The lowest BCUT2D eigenvalue weighted by atomic mass is 9.87. The first-order valence-corrected chi connectivity index (χ1v) is 5.67. The molecule has 0 bridgehead atoms. The minimum absolute atomic E-state index is 0.753. The molecule has 1 atom stereocenters. The summed E-state index contributed by atoms with van der Waals surface area (Å²) < 4.78 is 0. The van der Waals surface area contributed by atoms with E-state index in [2.05, 4.69) is 47.6 Å². The third-order valence-electron chi connectivity index (χ3n) is 2.84. The second-order valence-electron chi connectivity index (χ2n) is 4.79. The third-order valence-corrected chi connectivity index (χ3v) is 2.84. The molecule has 1 unspecified atom stereocenters. The summed E-state index contributed by atoms with van der Waals surface area (Å²) in [5, 5.41) is 0. The minimum atomic E-state index is 0.753. The van der Waals surface area contributed by atoms with Crippen LogP contribution in [0, 0.1) is 17.8 Å². The first-order valence-electron chi connectivity index (χ1n) is 5.67. The van der Waals surface area contributed by atoms with E-state index in [9.17, 15) is 0 Å². The van der Waals surface area contributed by atoms with Crippen LogP contribution in [0.5, 0.6) is 0 Å². The quantitative estimate of drug-likeness (QED) is 0.542. The Bertz CT molecular complexity index is 151. The van der Waals surface area contributed by atoms with Crippen LogP contribution in [0.15, 0.2) is 11.6 Å². The van der Waals surface area contributed by atoms with Crippen LogP contribution >= 0.6 is 0 Å². The van der Waals surface area contributed by atoms with Gasteiger partial charge in [0.1, 0.15) is 0 Å². The van der Waals surface area contributed by atoms with Gasteiger partial charge in [-0.25, -0.2) is 0 Å². The fourth-order valence-corrected chi connectivity index (χ4v) is 1.47. The molecule has 0 amide bonds.